The maximum atomic E-state index is 12.3. The molecule has 26 heavy (non-hydrogen) atoms. The molecule has 1 atom stereocenters. The van der Waals surface area contributed by atoms with Crippen molar-refractivity contribution in [3.8, 4) is 0 Å². The van der Waals surface area contributed by atoms with E-state index in [9.17, 15) is 14.4 Å². The predicted molar refractivity (Wildman–Crippen MR) is 101 cm³/mol. The molecule has 0 saturated heterocycles. The van der Waals surface area contributed by atoms with Gasteiger partial charge in [0.25, 0.3) is 11.8 Å². The number of nitrogens with one attached hydrogen (secondary N) is 3. The van der Waals surface area contributed by atoms with Gasteiger partial charge < -0.3 is 20.4 Å². The van der Waals surface area contributed by atoms with Gasteiger partial charge in [-0.15, -0.1) is 0 Å². The number of hydrogen-bond donors (Lipinski definition) is 3. The lowest BCUT2D eigenvalue weighted by atomic mass is 10.1. The van der Waals surface area contributed by atoms with Gasteiger partial charge >= 0.3 is 0 Å². The molecule has 0 radical (unpaired) electrons. The first-order chi connectivity index (χ1) is 12.0. The van der Waals surface area contributed by atoms with Crippen molar-refractivity contribution in [1.82, 2.24) is 15.5 Å². The zero-order chi connectivity index (χ0) is 19.9. The summed E-state index contributed by atoms with van der Waals surface area (Å²) in [4.78, 5) is 38.2. The summed E-state index contributed by atoms with van der Waals surface area (Å²) >= 11 is 0. The number of amides is 3. The lowest BCUT2D eigenvalue weighted by molar-refractivity contribution is -0.885. The summed E-state index contributed by atoms with van der Waals surface area (Å²) in [5.41, 5.74) is 1.33. The minimum atomic E-state index is -0.316. The molecule has 0 aliphatic rings. The molecule has 0 saturated carbocycles. The largest absolute Gasteiger partial charge is 0.355 e. The average molecular weight is 363 g/mol. The first-order valence-corrected chi connectivity index (χ1v) is 8.69. The monoisotopic (exact) mass is 363 g/mol. The highest BCUT2D eigenvalue weighted by Crippen LogP contribution is 2.03. The first-order valence-electron chi connectivity index (χ1n) is 8.69. The standard InChI is InChI=1S/C19H30N4O3/c1-19(2,3)21-16(24)12-23(6)17(25)13-22(5)11-14-7-9-15(10-8-14)18(26)20-4/h7-10H,11-13H2,1-6H3,(H,20,26)(H,21,24)/p+1. The molecule has 0 spiro atoms. The topological polar surface area (TPSA) is 83.0 Å². The number of benzene rings is 1. The van der Waals surface area contributed by atoms with E-state index in [0.29, 0.717) is 12.1 Å². The van der Waals surface area contributed by atoms with Crippen molar-refractivity contribution in [2.24, 2.45) is 0 Å². The van der Waals surface area contributed by atoms with Crippen LogP contribution in [0.5, 0.6) is 0 Å². The van der Waals surface area contributed by atoms with Crippen LogP contribution in [0.25, 0.3) is 0 Å². The van der Waals surface area contributed by atoms with Gasteiger partial charge in [0.15, 0.2) is 6.54 Å². The highest BCUT2D eigenvalue weighted by Gasteiger charge is 2.20. The fourth-order valence-electron chi connectivity index (χ4n) is 2.48. The van der Waals surface area contributed by atoms with Crippen molar-refractivity contribution >= 4 is 17.7 Å². The molecule has 0 aliphatic heterocycles. The summed E-state index contributed by atoms with van der Waals surface area (Å²) in [6, 6.07) is 7.32. The highest BCUT2D eigenvalue weighted by atomic mass is 16.2. The lowest BCUT2D eigenvalue weighted by Crippen LogP contribution is -3.08. The molecule has 0 aliphatic carbocycles. The number of likely N-dealkylation sites (N-methyl/N-ethyl adjacent to an activating group) is 2. The van der Waals surface area contributed by atoms with Gasteiger partial charge in [0, 0.05) is 30.8 Å². The third kappa shape index (κ3) is 7.65. The quantitative estimate of drug-likeness (QED) is 0.607. The van der Waals surface area contributed by atoms with Gasteiger partial charge in [0.2, 0.25) is 5.91 Å². The fraction of sp³-hybridized carbons (Fsp3) is 0.526. The molecule has 3 N–H and O–H groups in total. The molecular weight excluding hydrogens is 332 g/mol. The zero-order valence-electron chi connectivity index (χ0n) is 16.6. The minimum Gasteiger partial charge on any atom is -0.355 e. The van der Waals surface area contributed by atoms with Gasteiger partial charge in [-0.3, -0.25) is 14.4 Å². The SMILES string of the molecule is CNC(=O)c1ccc(C[NH+](C)CC(=O)N(C)CC(=O)NC(C)(C)C)cc1. The molecule has 1 aromatic carbocycles. The number of rotatable bonds is 7. The number of carbonyl (C=O) groups excluding carboxylic acids is 3. The molecule has 0 aromatic heterocycles. The van der Waals surface area contributed by atoms with E-state index in [2.05, 4.69) is 10.6 Å². The van der Waals surface area contributed by atoms with E-state index in [1.165, 1.54) is 4.90 Å². The first kappa shape index (κ1) is 21.6. The second-order valence-corrected chi connectivity index (χ2v) is 7.63. The maximum Gasteiger partial charge on any atom is 0.277 e. The van der Waals surface area contributed by atoms with Crippen LogP contribution < -0.4 is 15.5 Å². The van der Waals surface area contributed by atoms with Gasteiger partial charge in [-0.2, -0.15) is 0 Å². The van der Waals surface area contributed by atoms with Gasteiger partial charge in [-0.25, -0.2) is 0 Å². The van der Waals surface area contributed by atoms with E-state index in [1.54, 1.807) is 26.2 Å². The van der Waals surface area contributed by atoms with Crippen LogP contribution in [-0.4, -0.2) is 62.4 Å². The molecule has 144 valence electrons. The van der Waals surface area contributed by atoms with Crippen LogP contribution in [0.4, 0.5) is 0 Å². The van der Waals surface area contributed by atoms with Gasteiger partial charge in [-0.1, -0.05) is 12.1 Å². The van der Waals surface area contributed by atoms with E-state index in [0.717, 1.165) is 10.5 Å². The molecule has 7 heteroatoms. The molecule has 3 amide bonds. The van der Waals surface area contributed by atoms with Crippen molar-refractivity contribution in [3.63, 3.8) is 0 Å². The van der Waals surface area contributed by atoms with Gasteiger partial charge in [-0.05, 0) is 32.9 Å². The number of carbonyl (C=O) groups is 3. The van der Waals surface area contributed by atoms with Crippen molar-refractivity contribution in [2.75, 3.05) is 34.2 Å². The smallest absolute Gasteiger partial charge is 0.277 e. The van der Waals surface area contributed by atoms with Gasteiger partial charge in [0.05, 0.1) is 13.6 Å². The molecule has 0 heterocycles. The van der Waals surface area contributed by atoms with Crippen LogP contribution in [-0.2, 0) is 16.1 Å². The molecule has 1 unspecified atom stereocenters. The maximum absolute atomic E-state index is 12.3. The summed E-state index contributed by atoms with van der Waals surface area (Å²) in [5, 5.41) is 5.43. The third-order valence-electron chi connectivity index (χ3n) is 3.72. The van der Waals surface area contributed by atoms with E-state index in [1.807, 2.05) is 40.0 Å². The lowest BCUT2D eigenvalue weighted by Gasteiger charge is -2.24. The second kappa shape index (κ2) is 9.33. The van der Waals surface area contributed by atoms with E-state index < -0.39 is 0 Å². The summed E-state index contributed by atoms with van der Waals surface area (Å²) in [6.45, 7) is 6.70. The van der Waals surface area contributed by atoms with Crippen LogP contribution >= 0.6 is 0 Å². The van der Waals surface area contributed by atoms with Crippen LogP contribution in [0.3, 0.4) is 0 Å². The molecule has 7 nitrogen and oxygen atoms in total. The van der Waals surface area contributed by atoms with Crippen molar-refractivity contribution in [1.29, 1.82) is 0 Å². The molecule has 0 bridgehead atoms. The van der Waals surface area contributed by atoms with Crippen LogP contribution in [0.1, 0.15) is 36.7 Å². The second-order valence-electron chi connectivity index (χ2n) is 7.63. The Balaban J connectivity index is 2.51. The Kier molecular flexibility index (Phi) is 7.76. The predicted octanol–water partition coefficient (Wildman–Crippen LogP) is -0.566. The van der Waals surface area contributed by atoms with Crippen LogP contribution in [0.2, 0.25) is 0 Å². The number of hydrogen-bond acceptors (Lipinski definition) is 3. The normalized spacial score (nSPS) is 12.2. The Bertz CT molecular complexity index is 635. The zero-order valence-corrected chi connectivity index (χ0v) is 16.6. The number of nitrogens with zero attached hydrogens (tertiary/aromatic N) is 1. The van der Waals surface area contributed by atoms with Crippen LogP contribution in [0, 0.1) is 0 Å². The molecule has 1 rings (SSSR count). The molecular formula is C19H31N4O3+. The van der Waals surface area contributed by atoms with E-state index in [-0.39, 0.29) is 36.3 Å². The Morgan fingerprint density at radius 3 is 2.19 bits per heavy atom. The fourth-order valence-corrected chi connectivity index (χ4v) is 2.48. The molecule has 0 fully saturated rings. The average Bonchev–Trinajstić information content (AvgIpc) is 2.52. The van der Waals surface area contributed by atoms with Gasteiger partial charge in [0.1, 0.15) is 6.54 Å². The summed E-state index contributed by atoms with van der Waals surface area (Å²) < 4.78 is 0. The van der Waals surface area contributed by atoms with E-state index in [4.69, 9.17) is 0 Å². The summed E-state index contributed by atoms with van der Waals surface area (Å²) in [5.74, 6) is -0.382. The third-order valence-corrected chi connectivity index (χ3v) is 3.72. The van der Waals surface area contributed by atoms with Crippen molar-refractivity contribution in [3.05, 3.63) is 35.4 Å². The minimum absolute atomic E-state index is 0.0458. The summed E-state index contributed by atoms with van der Waals surface area (Å²) in [6.07, 6.45) is 0. The Morgan fingerprint density at radius 1 is 1.12 bits per heavy atom. The highest BCUT2D eigenvalue weighted by molar-refractivity contribution is 5.93. The van der Waals surface area contributed by atoms with Crippen molar-refractivity contribution in [2.45, 2.75) is 32.9 Å². The Labute approximate surface area is 155 Å². The van der Waals surface area contributed by atoms with E-state index >= 15 is 0 Å². The van der Waals surface area contributed by atoms with Crippen molar-refractivity contribution < 1.29 is 19.3 Å². The van der Waals surface area contributed by atoms with Crippen LogP contribution in [0.15, 0.2) is 24.3 Å². The summed E-state index contributed by atoms with van der Waals surface area (Å²) in [7, 11) is 5.15. The Morgan fingerprint density at radius 2 is 1.69 bits per heavy atom. The molecule has 1 aromatic rings. The number of quaternary nitrogens is 1. The Hall–Kier alpha value is -2.41.